The molecule has 0 aliphatic heterocycles. The van der Waals surface area contributed by atoms with Crippen LogP contribution in [0.4, 0.5) is 0 Å². The predicted molar refractivity (Wildman–Crippen MR) is 69.4 cm³/mol. The first-order valence-electron chi connectivity index (χ1n) is 7.13. The minimum Gasteiger partial charge on any atom is -0.393 e. The lowest BCUT2D eigenvalue weighted by Crippen LogP contribution is -2.15. The Labute approximate surface area is 109 Å². The molecule has 1 aliphatic rings. The largest absolute Gasteiger partial charge is 0.393 e. The fourth-order valence-corrected chi connectivity index (χ4v) is 2.80. The Bertz CT molecular complexity index is 368. The van der Waals surface area contributed by atoms with Gasteiger partial charge < -0.3 is 9.63 Å². The highest BCUT2D eigenvalue weighted by Gasteiger charge is 2.27. The average molecular weight is 252 g/mol. The molecule has 0 amide bonds. The minimum atomic E-state index is -0.435. The van der Waals surface area contributed by atoms with E-state index in [0.717, 1.165) is 31.0 Å². The van der Waals surface area contributed by atoms with Crippen LogP contribution in [0.3, 0.4) is 0 Å². The van der Waals surface area contributed by atoms with Crippen LogP contribution in [0.2, 0.25) is 0 Å². The molecule has 2 unspecified atom stereocenters. The van der Waals surface area contributed by atoms with E-state index in [1.165, 1.54) is 12.8 Å². The van der Waals surface area contributed by atoms with Gasteiger partial charge in [0.2, 0.25) is 5.89 Å². The lowest BCUT2D eigenvalue weighted by Gasteiger charge is -2.23. The smallest absolute Gasteiger partial charge is 0.232 e. The molecule has 18 heavy (non-hydrogen) atoms. The second-order valence-electron chi connectivity index (χ2n) is 5.70. The summed E-state index contributed by atoms with van der Waals surface area (Å²) in [4.78, 5) is 4.51. The van der Waals surface area contributed by atoms with Gasteiger partial charge in [0, 0.05) is 5.92 Å². The summed E-state index contributed by atoms with van der Waals surface area (Å²) in [5.74, 6) is 2.68. The molecule has 1 aliphatic carbocycles. The molecule has 1 heterocycles. The molecule has 1 N–H and O–H groups in total. The van der Waals surface area contributed by atoms with Crippen LogP contribution < -0.4 is 0 Å². The monoisotopic (exact) mass is 252 g/mol. The standard InChI is InChI=1S/C14H24N2O2/c1-4-12(10(3)17)14-15-13(16-18-14)11-7-5-9(2)6-8-11/h9-12,17H,4-8H2,1-3H3. The molecule has 0 radical (unpaired) electrons. The summed E-state index contributed by atoms with van der Waals surface area (Å²) in [5, 5.41) is 13.8. The Balaban J connectivity index is 2.05. The zero-order valence-corrected chi connectivity index (χ0v) is 11.6. The van der Waals surface area contributed by atoms with Crippen molar-refractivity contribution in [3.8, 4) is 0 Å². The quantitative estimate of drug-likeness (QED) is 0.893. The molecule has 0 saturated heterocycles. The molecule has 1 fully saturated rings. The summed E-state index contributed by atoms with van der Waals surface area (Å²) < 4.78 is 5.34. The van der Waals surface area contributed by atoms with E-state index in [9.17, 15) is 5.11 Å². The first-order chi connectivity index (χ1) is 8.61. The molecular formula is C14H24N2O2. The molecule has 1 aromatic rings. The minimum absolute atomic E-state index is 0.0336. The molecule has 0 aromatic carbocycles. The first kappa shape index (κ1) is 13.5. The highest BCUT2D eigenvalue weighted by molar-refractivity contribution is 5.01. The van der Waals surface area contributed by atoms with Crippen LogP contribution in [-0.4, -0.2) is 21.4 Å². The highest BCUT2D eigenvalue weighted by Crippen LogP contribution is 2.34. The van der Waals surface area contributed by atoms with Gasteiger partial charge in [-0.05, 0) is 32.1 Å². The molecule has 2 rings (SSSR count). The van der Waals surface area contributed by atoms with E-state index in [2.05, 4.69) is 17.1 Å². The van der Waals surface area contributed by atoms with Crippen LogP contribution in [0.15, 0.2) is 4.52 Å². The van der Waals surface area contributed by atoms with Crippen molar-refractivity contribution in [3.05, 3.63) is 11.7 Å². The highest BCUT2D eigenvalue weighted by atomic mass is 16.5. The van der Waals surface area contributed by atoms with Crippen molar-refractivity contribution >= 4 is 0 Å². The van der Waals surface area contributed by atoms with Crippen molar-refractivity contribution in [2.75, 3.05) is 0 Å². The predicted octanol–water partition coefficient (Wildman–Crippen LogP) is 3.24. The van der Waals surface area contributed by atoms with E-state index >= 15 is 0 Å². The van der Waals surface area contributed by atoms with E-state index in [0.29, 0.717) is 11.8 Å². The van der Waals surface area contributed by atoms with Gasteiger partial charge in [-0.25, -0.2) is 0 Å². The third-order valence-electron chi connectivity index (χ3n) is 4.18. The number of aliphatic hydroxyl groups is 1. The van der Waals surface area contributed by atoms with Crippen molar-refractivity contribution in [1.82, 2.24) is 10.1 Å². The summed E-state index contributed by atoms with van der Waals surface area (Å²) in [6.07, 6.45) is 5.21. The van der Waals surface area contributed by atoms with Gasteiger partial charge in [-0.1, -0.05) is 31.8 Å². The molecule has 2 atom stereocenters. The normalized spacial score (nSPS) is 28.0. The summed E-state index contributed by atoms with van der Waals surface area (Å²) in [6.45, 7) is 6.11. The average Bonchev–Trinajstić information content (AvgIpc) is 2.80. The maximum Gasteiger partial charge on any atom is 0.232 e. The van der Waals surface area contributed by atoms with Crippen LogP contribution >= 0.6 is 0 Å². The summed E-state index contributed by atoms with van der Waals surface area (Å²) in [7, 11) is 0. The van der Waals surface area contributed by atoms with Crippen LogP contribution in [0.5, 0.6) is 0 Å². The van der Waals surface area contributed by atoms with Gasteiger partial charge >= 0.3 is 0 Å². The Kier molecular flexibility index (Phi) is 4.38. The Hall–Kier alpha value is -0.900. The van der Waals surface area contributed by atoms with Gasteiger partial charge in [-0.2, -0.15) is 4.98 Å². The maximum atomic E-state index is 9.69. The number of aliphatic hydroxyl groups excluding tert-OH is 1. The van der Waals surface area contributed by atoms with E-state index < -0.39 is 6.10 Å². The Morgan fingerprint density at radius 2 is 2.00 bits per heavy atom. The summed E-state index contributed by atoms with van der Waals surface area (Å²) in [5.41, 5.74) is 0. The zero-order chi connectivity index (χ0) is 13.1. The third kappa shape index (κ3) is 2.91. The molecule has 0 bridgehead atoms. The summed E-state index contributed by atoms with van der Waals surface area (Å²) in [6, 6.07) is 0. The van der Waals surface area contributed by atoms with Crippen LogP contribution in [0.1, 0.15) is 76.4 Å². The number of hydrogen-bond acceptors (Lipinski definition) is 4. The zero-order valence-electron chi connectivity index (χ0n) is 11.6. The van der Waals surface area contributed by atoms with Crippen LogP contribution in [-0.2, 0) is 0 Å². The van der Waals surface area contributed by atoms with Crippen molar-refractivity contribution in [2.24, 2.45) is 5.92 Å². The maximum absolute atomic E-state index is 9.69. The van der Waals surface area contributed by atoms with E-state index in [-0.39, 0.29) is 5.92 Å². The molecule has 4 heteroatoms. The molecule has 4 nitrogen and oxygen atoms in total. The number of aromatic nitrogens is 2. The Morgan fingerprint density at radius 3 is 2.56 bits per heavy atom. The lowest BCUT2D eigenvalue weighted by molar-refractivity contribution is 0.141. The second kappa shape index (κ2) is 5.83. The first-order valence-corrected chi connectivity index (χ1v) is 7.13. The fourth-order valence-electron chi connectivity index (χ4n) is 2.80. The molecule has 0 spiro atoms. The van der Waals surface area contributed by atoms with Crippen LogP contribution in [0, 0.1) is 5.92 Å². The van der Waals surface area contributed by atoms with Crippen molar-refractivity contribution in [3.63, 3.8) is 0 Å². The molecule has 1 aromatic heterocycles. The summed E-state index contributed by atoms with van der Waals surface area (Å²) >= 11 is 0. The Morgan fingerprint density at radius 1 is 1.33 bits per heavy atom. The van der Waals surface area contributed by atoms with E-state index in [1.807, 2.05) is 6.92 Å². The van der Waals surface area contributed by atoms with Crippen molar-refractivity contribution in [2.45, 2.75) is 70.8 Å². The van der Waals surface area contributed by atoms with Crippen LogP contribution in [0.25, 0.3) is 0 Å². The number of rotatable bonds is 4. The van der Waals surface area contributed by atoms with E-state index in [4.69, 9.17) is 4.52 Å². The lowest BCUT2D eigenvalue weighted by atomic mass is 9.83. The number of hydrogen-bond donors (Lipinski definition) is 1. The van der Waals surface area contributed by atoms with Gasteiger partial charge in [0.15, 0.2) is 5.82 Å². The number of nitrogens with zero attached hydrogens (tertiary/aromatic N) is 2. The fraction of sp³-hybridized carbons (Fsp3) is 0.857. The van der Waals surface area contributed by atoms with Gasteiger partial charge in [0.1, 0.15) is 0 Å². The van der Waals surface area contributed by atoms with Gasteiger partial charge in [0.25, 0.3) is 0 Å². The molecule has 102 valence electrons. The van der Waals surface area contributed by atoms with Crippen molar-refractivity contribution < 1.29 is 9.63 Å². The molecular weight excluding hydrogens is 228 g/mol. The molecule has 1 saturated carbocycles. The van der Waals surface area contributed by atoms with Gasteiger partial charge in [-0.15, -0.1) is 0 Å². The third-order valence-corrected chi connectivity index (χ3v) is 4.18. The van der Waals surface area contributed by atoms with E-state index in [1.54, 1.807) is 6.92 Å². The van der Waals surface area contributed by atoms with Gasteiger partial charge in [0.05, 0.1) is 12.0 Å². The SMILES string of the molecule is CCC(c1nc(C2CCC(C)CC2)no1)C(C)O. The van der Waals surface area contributed by atoms with Crippen molar-refractivity contribution in [1.29, 1.82) is 0 Å². The second-order valence-corrected chi connectivity index (χ2v) is 5.70. The van der Waals surface area contributed by atoms with Gasteiger partial charge in [-0.3, -0.25) is 0 Å². The topological polar surface area (TPSA) is 59.2 Å².